The molecule has 0 aliphatic heterocycles. The predicted octanol–water partition coefficient (Wildman–Crippen LogP) is 2.93. The van der Waals surface area contributed by atoms with Gasteiger partial charge in [0.05, 0.1) is 6.10 Å². The second kappa shape index (κ2) is 4.80. The molecular weight excluding hydrogens is 276 g/mol. The van der Waals surface area contributed by atoms with Gasteiger partial charge in [-0.1, -0.05) is 13.8 Å². The van der Waals surface area contributed by atoms with E-state index in [1.807, 2.05) is 0 Å². The first-order chi connectivity index (χ1) is 10.4. The highest BCUT2D eigenvalue weighted by Gasteiger charge is 2.62. The van der Waals surface area contributed by atoms with Crippen LogP contribution in [0, 0.1) is 34.5 Å². The number of hydrogen-bond donors (Lipinski definition) is 2. The maximum absolute atomic E-state index is 12.5. The molecule has 0 saturated heterocycles. The maximum Gasteiger partial charge on any atom is 0.167 e. The average Bonchev–Trinajstić information content (AvgIpc) is 2.72. The predicted molar refractivity (Wildman–Crippen MR) is 84.1 cm³/mol. The van der Waals surface area contributed by atoms with Crippen molar-refractivity contribution >= 4 is 5.78 Å². The molecule has 0 radical (unpaired) electrons. The molecule has 0 aromatic heterocycles. The molecule has 4 fully saturated rings. The molecule has 4 aliphatic carbocycles. The summed E-state index contributed by atoms with van der Waals surface area (Å²) in [4.78, 5) is 12.5. The first-order valence-corrected chi connectivity index (χ1v) is 9.26. The third-order valence-corrected chi connectivity index (χ3v) is 8.37. The van der Waals surface area contributed by atoms with Crippen LogP contribution in [0.15, 0.2) is 0 Å². The first-order valence-electron chi connectivity index (χ1n) is 9.26. The quantitative estimate of drug-likeness (QED) is 0.723. The van der Waals surface area contributed by atoms with Crippen molar-refractivity contribution in [3.8, 4) is 0 Å². The van der Waals surface area contributed by atoms with Crippen LogP contribution in [0.3, 0.4) is 0 Å². The van der Waals surface area contributed by atoms with Gasteiger partial charge in [-0.3, -0.25) is 4.79 Å². The fraction of sp³-hybridized carbons (Fsp3) is 0.947. The van der Waals surface area contributed by atoms with Gasteiger partial charge in [-0.15, -0.1) is 0 Å². The first kappa shape index (κ1) is 15.1. The van der Waals surface area contributed by atoms with E-state index in [1.165, 1.54) is 12.8 Å². The minimum Gasteiger partial charge on any atom is -0.393 e. The van der Waals surface area contributed by atoms with Crippen LogP contribution in [-0.2, 0) is 4.79 Å². The molecule has 0 spiro atoms. The summed E-state index contributed by atoms with van der Waals surface area (Å²) in [6, 6.07) is 0. The zero-order chi connectivity index (χ0) is 15.7. The van der Waals surface area contributed by atoms with Crippen LogP contribution in [0.4, 0.5) is 0 Å². The Morgan fingerprint density at radius 1 is 0.955 bits per heavy atom. The lowest BCUT2D eigenvalue weighted by atomic mass is 9.45. The summed E-state index contributed by atoms with van der Waals surface area (Å²) in [6.07, 6.45) is 7.43. The minimum atomic E-state index is -0.715. The van der Waals surface area contributed by atoms with Gasteiger partial charge in [0.2, 0.25) is 0 Å². The number of Topliss-reactive ketones (excluding diaryl/α,β-unsaturated/α-hetero) is 1. The van der Waals surface area contributed by atoms with Gasteiger partial charge in [0, 0.05) is 5.41 Å². The smallest absolute Gasteiger partial charge is 0.167 e. The number of hydrogen-bond acceptors (Lipinski definition) is 3. The van der Waals surface area contributed by atoms with Gasteiger partial charge in [0.1, 0.15) is 6.10 Å². The van der Waals surface area contributed by atoms with Crippen LogP contribution in [0.25, 0.3) is 0 Å². The second-order valence-corrected chi connectivity index (χ2v) is 9.16. The summed E-state index contributed by atoms with van der Waals surface area (Å²) in [5.74, 6) is 2.45. The van der Waals surface area contributed by atoms with E-state index < -0.39 is 6.10 Å². The van der Waals surface area contributed by atoms with Crippen LogP contribution < -0.4 is 0 Å². The van der Waals surface area contributed by atoms with Crippen molar-refractivity contribution in [2.24, 2.45) is 34.5 Å². The van der Waals surface area contributed by atoms with Crippen LogP contribution in [-0.4, -0.2) is 28.2 Å². The van der Waals surface area contributed by atoms with E-state index in [-0.39, 0.29) is 17.3 Å². The molecule has 22 heavy (non-hydrogen) atoms. The van der Waals surface area contributed by atoms with Gasteiger partial charge >= 0.3 is 0 Å². The summed E-state index contributed by atoms with van der Waals surface area (Å²) in [5, 5.41) is 20.2. The molecule has 1 unspecified atom stereocenters. The molecule has 3 heteroatoms. The third-order valence-electron chi connectivity index (χ3n) is 8.37. The fourth-order valence-corrected chi connectivity index (χ4v) is 7.02. The Morgan fingerprint density at radius 2 is 1.73 bits per heavy atom. The van der Waals surface area contributed by atoms with E-state index in [9.17, 15) is 15.0 Å². The minimum absolute atomic E-state index is 0.0987. The molecule has 4 rings (SSSR count). The van der Waals surface area contributed by atoms with Crippen LogP contribution in [0.2, 0.25) is 0 Å². The number of ketones is 1. The van der Waals surface area contributed by atoms with E-state index in [0.29, 0.717) is 35.5 Å². The Hall–Kier alpha value is -0.410. The summed E-state index contributed by atoms with van der Waals surface area (Å²) in [5.41, 5.74) is 0.0814. The lowest BCUT2D eigenvalue weighted by Gasteiger charge is -2.59. The van der Waals surface area contributed by atoms with Crippen molar-refractivity contribution in [1.82, 2.24) is 0 Å². The molecule has 4 aliphatic rings. The van der Waals surface area contributed by atoms with Gasteiger partial charge in [-0.05, 0) is 80.5 Å². The molecular formula is C19H30O3. The summed E-state index contributed by atoms with van der Waals surface area (Å²) < 4.78 is 0. The summed E-state index contributed by atoms with van der Waals surface area (Å²) >= 11 is 0. The Labute approximate surface area is 133 Å². The highest BCUT2D eigenvalue weighted by atomic mass is 16.3. The molecule has 124 valence electrons. The molecule has 0 aromatic rings. The Bertz CT molecular complexity index is 489. The van der Waals surface area contributed by atoms with Gasteiger partial charge in [-0.2, -0.15) is 0 Å². The SMILES string of the molecule is C[C@]12CC[C@@H](O)CC1CC[C@@H]1[C@@H]2CC[C@]2(C)C(=O)[C@@H](O)C[C@@H]12. The third kappa shape index (κ3) is 1.84. The van der Waals surface area contributed by atoms with Crippen molar-refractivity contribution < 1.29 is 15.0 Å². The number of aliphatic hydroxyl groups is 2. The Morgan fingerprint density at radius 3 is 2.50 bits per heavy atom. The van der Waals surface area contributed by atoms with E-state index in [4.69, 9.17) is 0 Å². The van der Waals surface area contributed by atoms with Crippen LogP contribution >= 0.6 is 0 Å². The average molecular weight is 306 g/mol. The van der Waals surface area contributed by atoms with E-state index >= 15 is 0 Å². The molecule has 0 amide bonds. The number of carbonyl (C=O) groups is 1. The molecule has 0 bridgehead atoms. The van der Waals surface area contributed by atoms with Crippen molar-refractivity contribution in [2.45, 2.75) is 77.4 Å². The molecule has 3 nitrogen and oxygen atoms in total. The number of fused-ring (bicyclic) bond motifs is 5. The van der Waals surface area contributed by atoms with Crippen LogP contribution in [0.5, 0.6) is 0 Å². The monoisotopic (exact) mass is 306 g/mol. The fourth-order valence-electron chi connectivity index (χ4n) is 7.02. The zero-order valence-electron chi connectivity index (χ0n) is 13.9. The number of aliphatic hydroxyl groups excluding tert-OH is 2. The van der Waals surface area contributed by atoms with Crippen molar-refractivity contribution in [3.05, 3.63) is 0 Å². The van der Waals surface area contributed by atoms with E-state index in [0.717, 1.165) is 32.1 Å². The lowest BCUT2D eigenvalue weighted by Crippen LogP contribution is -2.54. The second-order valence-electron chi connectivity index (χ2n) is 9.16. The van der Waals surface area contributed by atoms with Gasteiger partial charge in [0.15, 0.2) is 5.78 Å². The Balaban J connectivity index is 1.64. The van der Waals surface area contributed by atoms with Crippen LogP contribution in [0.1, 0.15) is 65.2 Å². The van der Waals surface area contributed by atoms with Crippen molar-refractivity contribution in [3.63, 3.8) is 0 Å². The Kier molecular flexibility index (Phi) is 3.30. The molecule has 8 atom stereocenters. The molecule has 0 aromatic carbocycles. The van der Waals surface area contributed by atoms with Gasteiger partial charge in [0.25, 0.3) is 0 Å². The van der Waals surface area contributed by atoms with Gasteiger partial charge < -0.3 is 10.2 Å². The highest BCUT2D eigenvalue weighted by Crippen LogP contribution is 2.65. The number of rotatable bonds is 0. The molecule has 4 saturated carbocycles. The van der Waals surface area contributed by atoms with E-state index in [1.54, 1.807) is 0 Å². The largest absolute Gasteiger partial charge is 0.393 e. The normalized spacial score (nSPS) is 57.9. The highest BCUT2D eigenvalue weighted by molar-refractivity contribution is 5.91. The number of carbonyl (C=O) groups excluding carboxylic acids is 1. The lowest BCUT2D eigenvalue weighted by molar-refractivity contribution is -0.144. The summed E-state index contributed by atoms with van der Waals surface area (Å²) in [6.45, 7) is 4.57. The zero-order valence-corrected chi connectivity index (χ0v) is 13.9. The van der Waals surface area contributed by atoms with E-state index in [2.05, 4.69) is 13.8 Å². The summed E-state index contributed by atoms with van der Waals surface area (Å²) in [7, 11) is 0. The van der Waals surface area contributed by atoms with Crippen molar-refractivity contribution in [1.29, 1.82) is 0 Å². The molecule has 0 heterocycles. The topological polar surface area (TPSA) is 57.5 Å². The standard InChI is InChI=1S/C19H30O3/c1-18-7-5-12(20)9-11(18)3-4-13-14(18)6-8-19(2)15(13)10-16(21)17(19)22/h11-16,20-21H,3-10H2,1-2H3/t11?,12-,13-,14+,15+,16+,18+,19+/m1/s1. The maximum atomic E-state index is 12.5. The van der Waals surface area contributed by atoms with Gasteiger partial charge in [-0.25, -0.2) is 0 Å². The van der Waals surface area contributed by atoms with Crippen molar-refractivity contribution in [2.75, 3.05) is 0 Å². The molecule has 2 N–H and O–H groups in total.